The van der Waals surface area contributed by atoms with Gasteiger partial charge in [0.15, 0.2) is 0 Å². The summed E-state index contributed by atoms with van der Waals surface area (Å²) in [6.07, 6.45) is 1.41. The Morgan fingerprint density at radius 1 is 0.971 bits per heavy atom. The minimum absolute atomic E-state index is 0.118. The highest BCUT2D eigenvalue weighted by molar-refractivity contribution is 6.08. The zero-order chi connectivity index (χ0) is 24.5. The zero-order valence-corrected chi connectivity index (χ0v) is 18.6. The second-order valence-corrected chi connectivity index (χ2v) is 7.89. The lowest BCUT2D eigenvalue weighted by atomic mass is 10.0. The van der Waals surface area contributed by atoms with Gasteiger partial charge in [0.2, 0.25) is 5.88 Å². The van der Waals surface area contributed by atoms with E-state index >= 15 is 0 Å². The average Bonchev–Trinajstić information content (AvgIpc) is 2.87. The summed E-state index contributed by atoms with van der Waals surface area (Å²) >= 11 is 0. The number of carboxylic acid groups (broad SMARTS) is 1. The summed E-state index contributed by atoms with van der Waals surface area (Å²) in [6, 6.07) is 21.7. The number of amides is 1. The Labute approximate surface area is 200 Å². The molecule has 8 heteroatoms. The molecule has 0 unspecified atom stereocenters. The van der Waals surface area contributed by atoms with Gasteiger partial charge in [-0.3, -0.25) is 9.78 Å². The first-order valence-electron chi connectivity index (χ1n) is 10.7. The van der Waals surface area contributed by atoms with Gasteiger partial charge in [0, 0.05) is 28.2 Å². The number of nitrogens with zero attached hydrogens (tertiary/aromatic N) is 2. The van der Waals surface area contributed by atoms with Crippen LogP contribution >= 0.6 is 0 Å². The first-order chi connectivity index (χ1) is 16.9. The minimum atomic E-state index is -1.05. The number of carboxylic acids is 1. The molecule has 0 saturated heterocycles. The minimum Gasteiger partial charge on any atom is -0.481 e. The van der Waals surface area contributed by atoms with Crippen LogP contribution in [0, 0.1) is 0 Å². The Hall–Kier alpha value is -4.98. The maximum absolute atomic E-state index is 12.2. The monoisotopic (exact) mass is 464 g/mol. The molecule has 0 aliphatic rings. The summed E-state index contributed by atoms with van der Waals surface area (Å²) in [7, 11) is 1.58. The van der Waals surface area contributed by atoms with Crippen molar-refractivity contribution in [2.24, 2.45) is 5.73 Å². The molecular weight excluding hydrogens is 444 g/mol. The molecule has 0 saturated carbocycles. The molecule has 0 radical (unpaired) electrons. The van der Waals surface area contributed by atoms with Crippen molar-refractivity contribution in [2.45, 2.75) is 0 Å². The molecule has 0 aliphatic carbocycles. The van der Waals surface area contributed by atoms with Crippen molar-refractivity contribution < 1.29 is 19.4 Å². The van der Waals surface area contributed by atoms with Crippen LogP contribution in [-0.4, -0.2) is 34.1 Å². The second-order valence-electron chi connectivity index (χ2n) is 7.89. The van der Waals surface area contributed by atoms with E-state index in [-0.39, 0.29) is 11.1 Å². The smallest absolute Gasteiger partial charge is 0.335 e. The van der Waals surface area contributed by atoms with Crippen molar-refractivity contribution >= 4 is 45.1 Å². The number of carbonyl (C=O) groups is 2. The summed E-state index contributed by atoms with van der Waals surface area (Å²) < 4.78 is 5.55. The number of aromatic nitrogens is 2. The van der Waals surface area contributed by atoms with Gasteiger partial charge < -0.3 is 20.9 Å². The van der Waals surface area contributed by atoms with Crippen LogP contribution in [0.5, 0.6) is 5.88 Å². The highest BCUT2D eigenvalue weighted by atomic mass is 16.5. The molecule has 5 aromatic rings. The van der Waals surface area contributed by atoms with Crippen LogP contribution in [0.4, 0.5) is 11.4 Å². The van der Waals surface area contributed by atoms with Gasteiger partial charge in [-0.25, -0.2) is 9.78 Å². The van der Waals surface area contributed by atoms with Crippen molar-refractivity contribution in [3.05, 3.63) is 90.1 Å². The first kappa shape index (κ1) is 21.8. The lowest BCUT2D eigenvalue weighted by Gasteiger charge is -2.15. The number of benzene rings is 3. The average molecular weight is 464 g/mol. The molecule has 172 valence electrons. The van der Waals surface area contributed by atoms with E-state index in [0.717, 1.165) is 22.0 Å². The third-order valence-corrected chi connectivity index (χ3v) is 5.71. The number of methoxy groups -OCH3 is 1. The number of rotatable bonds is 6. The Bertz CT molecular complexity index is 1630. The van der Waals surface area contributed by atoms with E-state index in [0.29, 0.717) is 28.2 Å². The van der Waals surface area contributed by atoms with Gasteiger partial charge in [0.1, 0.15) is 0 Å². The topological polar surface area (TPSA) is 127 Å². The van der Waals surface area contributed by atoms with Crippen LogP contribution in [-0.2, 0) is 0 Å². The Morgan fingerprint density at radius 2 is 1.80 bits per heavy atom. The highest BCUT2D eigenvalue weighted by Gasteiger charge is 2.17. The van der Waals surface area contributed by atoms with Gasteiger partial charge in [-0.1, -0.05) is 36.4 Å². The molecule has 0 spiro atoms. The number of aromatic carboxylic acids is 1. The van der Waals surface area contributed by atoms with E-state index in [1.165, 1.54) is 18.3 Å². The molecule has 3 aromatic carbocycles. The molecule has 8 nitrogen and oxygen atoms in total. The van der Waals surface area contributed by atoms with Gasteiger partial charge in [-0.2, -0.15) is 0 Å². The van der Waals surface area contributed by atoms with E-state index in [1.807, 2.05) is 48.5 Å². The first-order valence-corrected chi connectivity index (χ1v) is 10.7. The van der Waals surface area contributed by atoms with Gasteiger partial charge in [0.05, 0.1) is 35.0 Å². The molecule has 2 heterocycles. The number of para-hydroxylation sites is 1. The molecule has 2 aromatic heterocycles. The number of anilines is 2. The van der Waals surface area contributed by atoms with Crippen LogP contribution in [0.1, 0.15) is 20.7 Å². The highest BCUT2D eigenvalue weighted by Crippen LogP contribution is 2.36. The van der Waals surface area contributed by atoms with Crippen molar-refractivity contribution in [2.75, 3.05) is 12.4 Å². The summed E-state index contributed by atoms with van der Waals surface area (Å²) in [5, 5.41) is 14.1. The van der Waals surface area contributed by atoms with Crippen molar-refractivity contribution in [3.63, 3.8) is 0 Å². The molecule has 0 atom stereocenters. The fourth-order valence-corrected chi connectivity index (χ4v) is 4.02. The van der Waals surface area contributed by atoms with E-state index in [2.05, 4.69) is 15.3 Å². The predicted molar refractivity (Wildman–Crippen MR) is 134 cm³/mol. The van der Waals surface area contributed by atoms with Crippen LogP contribution in [0.15, 0.2) is 79.0 Å². The Morgan fingerprint density at radius 3 is 2.57 bits per heavy atom. The molecule has 0 fully saturated rings. The fourth-order valence-electron chi connectivity index (χ4n) is 4.02. The normalized spacial score (nSPS) is 10.9. The standard InChI is InChI=1S/C27H20N4O4/c1-35-26-20(12-16-5-2-3-8-22(16)31-26)15-9-10-19-23(13-15)29-14-21(25(28)32)24(19)30-18-7-4-6-17(11-18)27(33)34/h2-14H,1H3,(H2,28,32)(H,29,30)(H,33,34). The lowest BCUT2D eigenvalue weighted by molar-refractivity contribution is 0.0696. The number of hydrogen-bond acceptors (Lipinski definition) is 6. The van der Waals surface area contributed by atoms with Crippen molar-refractivity contribution in [1.82, 2.24) is 9.97 Å². The number of fused-ring (bicyclic) bond motifs is 2. The molecule has 1 amide bonds. The van der Waals surface area contributed by atoms with Crippen molar-refractivity contribution in [3.8, 4) is 17.0 Å². The van der Waals surface area contributed by atoms with Crippen LogP contribution in [0.3, 0.4) is 0 Å². The number of nitrogens with one attached hydrogen (secondary N) is 1. The predicted octanol–water partition coefficient (Wildman–Crippen LogP) is 5.00. The number of pyridine rings is 2. The number of primary amides is 1. The van der Waals surface area contributed by atoms with E-state index < -0.39 is 11.9 Å². The molecular formula is C27H20N4O4. The quantitative estimate of drug-likeness (QED) is 0.323. The van der Waals surface area contributed by atoms with Crippen molar-refractivity contribution in [1.29, 1.82) is 0 Å². The summed E-state index contributed by atoms with van der Waals surface area (Å²) in [6.45, 7) is 0. The van der Waals surface area contributed by atoms with Crippen LogP contribution in [0.2, 0.25) is 0 Å². The fraction of sp³-hybridized carbons (Fsp3) is 0.0370. The number of hydrogen-bond donors (Lipinski definition) is 3. The molecule has 5 rings (SSSR count). The van der Waals surface area contributed by atoms with Gasteiger partial charge in [-0.05, 0) is 42.0 Å². The third-order valence-electron chi connectivity index (χ3n) is 5.71. The SMILES string of the molecule is COc1nc2ccccc2cc1-c1ccc2c(Nc3cccc(C(=O)O)c3)c(C(N)=O)cnc2c1. The van der Waals surface area contributed by atoms with Crippen LogP contribution in [0.25, 0.3) is 32.9 Å². The molecule has 0 aliphatic heterocycles. The van der Waals surface area contributed by atoms with E-state index in [4.69, 9.17) is 10.5 Å². The summed E-state index contributed by atoms with van der Waals surface area (Å²) in [5.74, 6) is -1.22. The number of nitrogens with two attached hydrogens (primary N) is 1. The number of ether oxygens (including phenoxy) is 1. The molecule has 35 heavy (non-hydrogen) atoms. The maximum Gasteiger partial charge on any atom is 0.335 e. The van der Waals surface area contributed by atoms with E-state index in [1.54, 1.807) is 19.2 Å². The Balaban J connectivity index is 1.65. The molecule has 4 N–H and O–H groups in total. The Kier molecular flexibility index (Phi) is 5.46. The number of carbonyl (C=O) groups excluding carboxylic acids is 1. The van der Waals surface area contributed by atoms with Gasteiger partial charge in [-0.15, -0.1) is 0 Å². The largest absolute Gasteiger partial charge is 0.481 e. The van der Waals surface area contributed by atoms with Gasteiger partial charge >= 0.3 is 5.97 Å². The third kappa shape index (κ3) is 4.08. The van der Waals surface area contributed by atoms with E-state index in [9.17, 15) is 14.7 Å². The summed E-state index contributed by atoms with van der Waals surface area (Å²) in [4.78, 5) is 32.6. The zero-order valence-electron chi connectivity index (χ0n) is 18.6. The van der Waals surface area contributed by atoms with Crippen LogP contribution < -0.4 is 15.8 Å². The second kappa shape index (κ2) is 8.75. The molecule has 0 bridgehead atoms. The lowest BCUT2D eigenvalue weighted by Crippen LogP contribution is -2.14. The summed E-state index contributed by atoms with van der Waals surface area (Å²) in [5.41, 5.74) is 9.95. The maximum atomic E-state index is 12.2. The van der Waals surface area contributed by atoms with Gasteiger partial charge in [0.25, 0.3) is 5.91 Å².